The first-order chi connectivity index (χ1) is 8.89. The largest absolute Gasteiger partial charge is 0.497 e. The molecule has 104 valence electrons. The van der Waals surface area contributed by atoms with E-state index in [1.807, 2.05) is 0 Å². The van der Waals surface area contributed by atoms with Gasteiger partial charge in [0.2, 0.25) is 10.8 Å². The van der Waals surface area contributed by atoms with Gasteiger partial charge in [0.25, 0.3) is 0 Å². The predicted octanol–water partition coefficient (Wildman–Crippen LogP) is 2.66. The van der Waals surface area contributed by atoms with Crippen molar-refractivity contribution in [3.05, 3.63) is 29.8 Å². The van der Waals surface area contributed by atoms with Crippen molar-refractivity contribution in [1.82, 2.24) is 5.32 Å². The van der Waals surface area contributed by atoms with Crippen LogP contribution in [0.3, 0.4) is 0 Å². The van der Waals surface area contributed by atoms with Crippen molar-refractivity contribution < 1.29 is 22.7 Å². The first-order valence-corrected chi connectivity index (χ1v) is 6.54. The molecule has 0 saturated carbocycles. The van der Waals surface area contributed by atoms with Gasteiger partial charge >= 0.3 is 6.18 Å². The van der Waals surface area contributed by atoms with Gasteiger partial charge in [0.15, 0.2) is 0 Å². The first-order valence-electron chi connectivity index (χ1n) is 5.55. The zero-order valence-electron chi connectivity index (χ0n) is 10.1. The van der Waals surface area contributed by atoms with Crippen molar-refractivity contribution in [2.45, 2.75) is 17.5 Å². The summed E-state index contributed by atoms with van der Waals surface area (Å²) in [5.74, 6) is 0.0114. The minimum absolute atomic E-state index is 0.00106. The molecule has 1 aromatic carbocycles. The van der Waals surface area contributed by atoms with Crippen LogP contribution in [0.5, 0.6) is 5.75 Å². The fourth-order valence-electron chi connectivity index (χ4n) is 1.89. The average Bonchev–Trinajstić information content (AvgIpc) is 2.37. The fourth-order valence-corrected chi connectivity index (χ4v) is 3.14. The van der Waals surface area contributed by atoms with Gasteiger partial charge in [-0.15, -0.1) is 11.8 Å². The van der Waals surface area contributed by atoms with E-state index in [-0.39, 0.29) is 17.7 Å². The highest BCUT2D eigenvalue weighted by Gasteiger charge is 2.58. The summed E-state index contributed by atoms with van der Waals surface area (Å²) in [5.41, 5.74) is -0.00106. The molecule has 1 aliphatic heterocycles. The molecule has 1 amide bonds. The Balaban J connectivity index is 2.45. The van der Waals surface area contributed by atoms with Crippen molar-refractivity contribution in [2.24, 2.45) is 0 Å². The minimum Gasteiger partial charge on any atom is -0.497 e. The van der Waals surface area contributed by atoms with Crippen LogP contribution in [0.15, 0.2) is 24.3 Å². The summed E-state index contributed by atoms with van der Waals surface area (Å²) in [7, 11) is 1.44. The molecule has 1 heterocycles. The Labute approximate surface area is 112 Å². The molecule has 1 atom stereocenters. The van der Waals surface area contributed by atoms with Crippen LogP contribution in [0.25, 0.3) is 0 Å². The number of rotatable bonds is 2. The van der Waals surface area contributed by atoms with Crippen LogP contribution >= 0.6 is 11.8 Å². The molecule has 19 heavy (non-hydrogen) atoms. The summed E-state index contributed by atoms with van der Waals surface area (Å²) in [6, 6.07) is 5.55. The van der Waals surface area contributed by atoms with E-state index < -0.39 is 17.0 Å². The number of methoxy groups -OCH3 is 1. The van der Waals surface area contributed by atoms with E-state index in [1.165, 1.54) is 31.4 Å². The first kappa shape index (κ1) is 14.0. The standard InChI is InChI=1S/C12H12F3NO2S/c1-18-9-4-2-8(3-5-9)11(12(13,14)15)16-10(17)6-7-19-11/h2-5H,6-7H2,1H3,(H,16,17). The van der Waals surface area contributed by atoms with E-state index in [0.717, 1.165) is 0 Å². The van der Waals surface area contributed by atoms with E-state index in [9.17, 15) is 18.0 Å². The van der Waals surface area contributed by atoms with E-state index in [4.69, 9.17) is 4.74 Å². The highest BCUT2D eigenvalue weighted by Crippen LogP contribution is 2.49. The van der Waals surface area contributed by atoms with Crippen LogP contribution in [0.4, 0.5) is 13.2 Å². The molecule has 0 aromatic heterocycles. The zero-order valence-corrected chi connectivity index (χ0v) is 10.9. The summed E-state index contributed by atoms with van der Waals surface area (Å²) in [5, 5.41) is 2.08. The quantitative estimate of drug-likeness (QED) is 0.910. The van der Waals surface area contributed by atoms with Crippen LogP contribution in [0.2, 0.25) is 0 Å². The van der Waals surface area contributed by atoms with Crippen LogP contribution in [0, 0.1) is 0 Å². The zero-order chi connectivity index (χ0) is 14.1. The number of hydrogen-bond donors (Lipinski definition) is 1. The number of nitrogens with one attached hydrogen (secondary N) is 1. The molecule has 1 fully saturated rings. The molecule has 0 bridgehead atoms. The number of alkyl halides is 3. The van der Waals surface area contributed by atoms with Gasteiger partial charge in [-0.1, -0.05) is 12.1 Å². The molecule has 1 unspecified atom stereocenters. The Morgan fingerprint density at radius 1 is 1.32 bits per heavy atom. The van der Waals surface area contributed by atoms with Gasteiger partial charge in [-0.2, -0.15) is 13.2 Å². The Bertz CT molecular complexity index is 475. The normalized spacial score (nSPS) is 23.9. The molecule has 0 aliphatic carbocycles. The van der Waals surface area contributed by atoms with Crippen molar-refractivity contribution in [3.63, 3.8) is 0 Å². The Kier molecular flexibility index (Phi) is 3.66. The van der Waals surface area contributed by atoms with Crippen LogP contribution in [-0.2, 0) is 9.67 Å². The second-order valence-electron chi connectivity index (χ2n) is 4.05. The predicted molar refractivity (Wildman–Crippen MR) is 65.9 cm³/mol. The van der Waals surface area contributed by atoms with Gasteiger partial charge in [0, 0.05) is 12.2 Å². The van der Waals surface area contributed by atoms with Gasteiger partial charge in [0.1, 0.15) is 5.75 Å². The van der Waals surface area contributed by atoms with E-state index in [2.05, 4.69) is 5.32 Å². The highest BCUT2D eigenvalue weighted by molar-refractivity contribution is 8.00. The monoisotopic (exact) mass is 291 g/mol. The SMILES string of the molecule is COc1ccc(C2(C(F)(F)F)NC(=O)CCS2)cc1. The smallest absolute Gasteiger partial charge is 0.425 e. The van der Waals surface area contributed by atoms with Crippen LogP contribution in [-0.4, -0.2) is 24.9 Å². The average molecular weight is 291 g/mol. The van der Waals surface area contributed by atoms with Crippen molar-refractivity contribution in [1.29, 1.82) is 0 Å². The molecule has 1 aromatic rings. The molecular weight excluding hydrogens is 279 g/mol. The third kappa shape index (κ3) is 2.51. The van der Waals surface area contributed by atoms with Crippen LogP contribution < -0.4 is 10.1 Å². The summed E-state index contributed by atoms with van der Waals surface area (Å²) >= 11 is 0.690. The lowest BCUT2D eigenvalue weighted by molar-refractivity contribution is -0.175. The maximum atomic E-state index is 13.4. The van der Waals surface area contributed by atoms with E-state index in [0.29, 0.717) is 17.5 Å². The maximum absolute atomic E-state index is 13.4. The van der Waals surface area contributed by atoms with E-state index in [1.54, 1.807) is 0 Å². The molecule has 1 aliphatic rings. The minimum atomic E-state index is -4.57. The second kappa shape index (κ2) is 4.96. The van der Waals surface area contributed by atoms with Gasteiger partial charge in [-0.05, 0) is 17.7 Å². The number of halogens is 3. The van der Waals surface area contributed by atoms with Crippen LogP contribution in [0.1, 0.15) is 12.0 Å². The third-order valence-corrected chi connectivity index (χ3v) is 4.27. The number of benzene rings is 1. The highest BCUT2D eigenvalue weighted by atomic mass is 32.2. The number of carbonyl (C=O) groups excluding carboxylic acids is 1. The van der Waals surface area contributed by atoms with Crippen molar-refractivity contribution >= 4 is 17.7 Å². The fraction of sp³-hybridized carbons (Fsp3) is 0.417. The third-order valence-electron chi connectivity index (χ3n) is 2.86. The van der Waals surface area contributed by atoms with Gasteiger partial charge < -0.3 is 10.1 Å². The molecule has 2 rings (SSSR count). The summed E-state index contributed by atoms with van der Waals surface area (Å²) in [4.78, 5) is 9.01. The number of thioether (sulfide) groups is 1. The summed E-state index contributed by atoms with van der Waals surface area (Å²) in [6.45, 7) is 0. The Hall–Kier alpha value is -1.37. The second-order valence-corrected chi connectivity index (χ2v) is 5.36. The lowest BCUT2D eigenvalue weighted by Gasteiger charge is -2.39. The van der Waals surface area contributed by atoms with Gasteiger partial charge in [0.05, 0.1) is 7.11 Å². The van der Waals surface area contributed by atoms with Gasteiger partial charge in [-0.3, -0.25) is 4.79 Å². The van der Waals surface area contributed by atoms with E-state index >= 15 is 0 Å². The molecule has 7 heteroatoms. The van der Waals surface area contributed by atoms with Crippen molar-refractivity contribution in [2.75, 3.05) is 12.9 Å². The topological polar surface area (TPSA) is 38.3 Å². The molecule has 1 saturated heterocycles. The Morgan fingerprint density at radius 2 is 1.95 bits per heavy atom. The molecule has 1 N–H and O–H groups in total. The Morgan fingerprint density at radius 3 is 2.42 bits per heavy atom. The van der Waals surface area contributed by atoms with Crippen molar-refractivity contribution in [3.8, 4) is 5.75 Å². The molecular formula is C12H12F3NO2S. The number of amides is 1. The maximum Gasteiger partial charge on any atom is 0.425 e. The summed E-state index contributed by atoms with van der Waals surface area (Å²) in [6.07, 6.45) is -4.47. The summed E-state index contributed by atoms with van der Waals surface area (Å²) < 4.78 is 45.0. The number of hydrogen-bond acceptors (Lipinski definition) is 3. The molecule has 3 nitrogen and oxygen atoms in total. The molecule has 0 radical (unpaired) electrons. The lowest BCUT2D eigenvalue weighted by Crippen LogP contribution is -2.56. The van der Waals surface area contributed by atoms with Gasteiger partial charge in [-0.25, -0.2) is 0 Å². The lowest BCUT2D eigenvalue weighted by atomic mass is 10.0. The number of carbonyl (C=O) groups is 1. The molecule has 0 spiro atoms. The number of ether oxygens (including phenoxy) is 1.